The van der Waals surface area contributed by atoms with Gasteiger partial charge in [-0.3, -0.25) is 0 Å². The van der Waals surface area contributed by atoms with Crippen molar-refractivity contribution in [2.24, 2.45) is 17.0 Å². The predicted molar refractivity (Wildman–Crippen MR) is 119 cm³/mol. The van der Waals surface area contributed by atoms with Crippen molar-refractivity contribution in [3.63, 3.8) is 0 Å². The molecule has 1 heterocycles. The molecule has 1 aliphatic rings. The lowest BCUT2D eigenvalue weighted by Crippen LogP contribution is -2.56. The fourth-order valence-corrected chi connectivity index (χ4v) is 4.60. The maximum atomic E-state index is 6.77. The number of hydrogen-bond acceptors (Lipinski definition) is 7. The molecule has 176 valence electrons. The molecular weight excluding hydrogens is 402 g/mol. The Labute approximate surface area is 183 Å². The first-order chi connectivity index (χ1) is 14.0. The monoisotopic (exact) mass is 446 g/mol. The van der Waals surface area contributed by atoms with E-state index >= 15 is 0 Å². The number of rotatable bonds is 13. The Hall–Kier alpha value is -0.673. The summed E-state index contributed by atoms with van der Waals surface area (Å²) in [6.07, 6.45) is 0.703. The van der Waals surface area contributed by atoms with E-state index in [9.17, 15) is 0 Å². The average Bonchev–Trinajstić information content (AvgIpc) is 2.67. The van der Waals surface area contributed by atoms with Gasteiger partial charge in [0, 0.05) is 0 Å². The minimum absolute atomic E-state index is 0.0711. The Morgan fingerprint density at radius 3 is 2.17 bits per heavy atom. The number of nitrogens with one attached hydrogen (secondary N) is 1. The predicted octanol–water partition coefficient (Wildman–Crippen LogP) is 4.38. The van der Waals surface area contributed by atoms with E-state index in [0.717, 1.165) is 6.42 Å². The van der Waals surface area contributed by atoms with Crippen LogP contribution in [0.15, 0.2) is 5.11 Å². The summed E-state index contributed by atoms with van der Waals surface area (Å²) < 4.78 is 30.2. The summed E-state index contributed by atoms with van der Waals surface area (Å²) in [4.78, 5) is 2.93. The summed E-state index contributed by atoms with van der Waals surface area (Å²) >= 11 is 0. The molecule has 0 aromatic heterocycles. The van der Waals surface area contributed by atoms with Crippen molar-refractivity contribution in [3.05, 3.63) is 0 Å². The summed E-state index contributed by atoms with van der Waals surface area (Å²) in [6.45, 7) is 20.8. The topological polar surface area (TPSA) is 96.5 Å². The molecule has 0 aliphatic carbocycles. The fourth-order valence-electron chi connectivity index (χ4n) is 3.24. The van der Waals surface area contributed by atoms with Gasteiger partial charge in [0.2, 0.25) is 4.91 Å². The second-order valence-electron chi connectivity index (χ2n) is 9.57. The van der Waals surface area contributed by atoms with E-state index in [1.807, 2.05) is 0 Å². The lowest BCUT2D eigenvalue weighted by molar-refractivity contribution is -0.268. The quantitative estimate of drug-likeness (QED) is 0.196. The molecule has 0 spiro atoms. The molecule has 0 aromatic carbocycles. The fraction of sp³-hybridized carbons (Fsp3) is 1.00. The van der Waals surface area contributed by atoms with Gasteiger partial charge in [-0.05, 0) is 36.4 Å². The zero-order chi connectivity index (χ0) is 22.8. The average molecular weight is 447 g/mol. The molecule has 9 heteroatoms. The van der Waals surface area contributed by atoms with E-state index in [2.05, 4.69) is 64.7 Å². The van der Waals surface area contributed by atoms with Gasteiger partial charge in [-0.25, -0.2) is 0 Å². The van der Waals surface area contributed by atoms with Gasteiger partial charge >= 0.3 is 0 Å². The normalized spacial score (nSPS) is 27.7. The van der Waals surface area contributed by atoms with Gasteiger partial charge in [-0.1, -0.05) is 41.5 Å². The van der Waals surface area contributed by atoms with Gasteiger partial charge in [0.1, 0.15) is 17.2 Å². The van der Waals surface area contributed by atoms with E-state index in [1.54, 1.807) is 0 Å². The van der Waals surface area contributed by atoms with Gasteiger partial charge in [-0.15, -0.1) is 0 Å². The zero-order valence-electron chi connectivity index (χ0n) is 20.3. The van der Waals surface area contributed by atoms with Crippen LogP contribution in [0, 0.1) is 17.4 Å². The van der Waals surface area contributed by atoms with Gasteiger partial charge in [0.05, 0.1) is 45.2 Å². The lowest BCUT2D eigenvalue weighted by Gasteiger charge is -2.49. The minimum atomic E-state index is -1.95. The Bertz CT molecular complexity index is 537. The largest absolute Gasteiger partial charge is 0.408 e. The number of nitrogens with zero attached hydrogens (tertiary/aromatic N) is 2. The van der Waals surface area contributed by atoms with Crippen LogP contribution < -0.4 is 4.91 Å². The third-order valence-corrected chi connectivity index (χ3v) is 10.9. The van der Waals surface area contributed by atoms with Crippen LogP contribution in [0.25, 0.3) is 0 Å². The van der Waals surface area contributed by atoms with Crippen LogP contribution in [0.4, 0.5) is 0 Å². The second kappa shape index (κ2) is 13.0. The third-order valence-electron chi connectivity index (χ3n) is 6.44. The van der Waals surface area contributed by atoms with Crippen LogP contribution in [0.2, 0.25) is 18.1 Å². The number of ether oxygens (including phenoxy) is 4. The molecule has 0 saturated carbocycles. The molecule has 0 aromatic rings. The molecule has 30 heavy (non-hydrogen) atoms. The highest BCUT2D eigenvalue weighted by Crippen LogP contribution is 2.42. The maximum absolute atomic E-state index is 6.77. The van der Waals surface area contributed by atoms with Crippen LogP contribution in [-0.4, -0.2) is 66.4 Å². The molecule has 1 saturated heterocycles. The van der Waals surface area contributed by atoms with Crippen molar-refractivity contribution in [3.8, 4) is 0 Å². The smallest absolute Gasteiger partial charge is 0.214 e. The summed E-state index contributed by atoms with van der Waals surface area (Å²) in [5.41, 5.74) is 6.57. The van der Waals surface area contributed by atoms with Gasteiger partial charge < -0.3 is 23.4 Å². The van der Waals surface area contributed by atoms with Crippen LogP contribution in [0.3, 0.4) is 0 Å². The maximum Gasteiger partial charge on any atom is 0.214 e. The zero-order valence-corrected chi connectivity index (χ0v) is 21.3. The third kappa shape index (κ3) is 8.46. The highest BCUT2D eigenvalue weighted by molar-refractivity contribution is 6.74. The van der Waals surface area contributed by atoms with Crippen molar-refractivity contribution >= 4 is 8.32 Å². The highest BCUT2D eigenvalue weighted by atomic mass is 28.4. The molecule has 1 aliphatic heterocycles. The van der Waals surface area contributed by atoms with Crippen molar-refractivity contribution in [2.45, 2.75) is 84.6 Å². The molecular formula is C21H44N3O5Si+. The van der Waals surface area contributed by atoms with E-state index < -0.39 is 8.32 Å². The Balaban J connectivity index is 2.54. The summed E-state index contributed by atoms with van der Waals surface area (Å²) in [6, 6.07) is 0. The standard InChI is InChI=1S/C21H44N3O5Si/c1-9-18-16(2)17(3)19(29-30(7,8)21(4,5)6)20(28-18)27-15-14-26-13-12-25-11-10-23-24-22/h16-20,22H,9-15H2,1-8H3/q+1. The second-order valence-corrected chi connectivity index (χ2v) is 14.3. The van der Waals surface area contributed by atoms with Crippen molar-refractivity contribution in [1.29, 1.82) is 5.53 Å². The molecule has 0 radical (unpaired) electrons. The molecule has 1 fully saturated rings. The van der Waals surface area contributed by atoms with E-state index in [4.69, 9.17) is 28.9 Å². The first-order valence-electron chi connectivity index (χ1n) is 11.2. The Morgan fingerprint density at radius 2 is 1.60 bits per heavy atom. The first-order valence-corrected chi connectivity index (χ1v) is 14.1. The van der Waals surface area contributed by atoms with Gasteiger partial charge in [0.15, 0.2) is 14.6 Å². The first kappa shape index (κ1) is 27.4. The molecule has 0 bridgehead atoms. The SMILES string of the molecule is CCC1OC(OCCOCCOCCN=[N+]=N)C(O[Si](C)(C)C(C)(C)C)C(C)C1C. The lowest BCUT2D eigenvalue weighted by atomic mass is 9.82. The minimum Gasteiger partial charge on any atom is -0.408 e. The van der Waals surface area contributed by atoms with E-state index in [1.165, 1.54) is 0 Å². The van der Waals surface area contributed by atoms with Crippen molar-refractivity contribution in [1.82, 2.24) is 4.91 Å². The molecule has 1 rings (SSSR count). The Morgan fingerprint density at radius 1 is 1.00 bits per heavy atom. The van der Waals surface area contributed by atoms with Crippen molar-refractivity contribution in [2.75, 3.05) is 39.6 Å². The van der Waals surface area contributed by atoms with E-state index in [-0.39, 0.29) is 23.5 Å². The van der Waals surface area contributed by atoms with Crippen LogP contribution in [-0.2, 0) is 23.4 Å². The van der Waals surface area contributed by atoms with Crippen molar-refractivity contribution < 1.29 is 23.4 Å². The van der Waals surface area contributed by atoms with Crippen LogP contribution >= 0.6 is 0 Å². The highest BCUT2D eigenvalue weighted by Gasteiger charge is 2.47. The molecule has 0 amide bonds. The molecule has 5 unspecified atom stereocenters. The summed E-state index contributed by atoms with van der Waals surface area (Å²) in [5, 5.41) is 3.66. The molecule has 5 atom stereocenters. The van der Waals surface area contributed by atoms with Crippen LogP contribution in [0.1, 0.15) is 48.0 Å². The van der Waals surface area contributed by atoms with E-state index in [0.29, 0.717) is 51.4 Å². The van der Waals surface area contributed by atoms with Gasteiger partial charge in [0.25, 0.3) is 0 Å². The summed E-state index contributed by atoms with van der Waals surface area (Å²) in [7, 11) is -1.95. The number of hydrogen-bond donors (Lipinski definition) is 1. The molecule has 8 nitrogen and oxygen atoms in total. The van der Waals surface area contributed by atoms with Crippen LogP contribution in [0.5, 0.6) is 0 Å². The van der Waals surface area contributed by atoms with Gasteiger partial charge in [-0.2, -0.15) is 0 Å². The summed E-state index contributed by atoms with van der Waals surface area (Å²) in [5.74, 6) is 0.783. The Kier molecular flexibility index (Phi) is 11.9. The molecule has 1 N–H and O–H groups in total.